The molecule has 0 fully saturated rings. The number of aryl methyl sites for hydroxylation is 2. The molecule has 4 aromatic rings. The Bertz CT molecular complexity index is 1150. The average molecular weight is 404 g/mol. The van der Waals surface area contributed by atoms with Crippen LogP contribution >= 0.6 is 11.6 Å². The molecule has 0 saturated heterocycles. The average Bonchev–Trinajstić information content (AvgIpc) is 3.10. The van der Waals surface area contributed by atoms with E-state index in [1.807, 2.05) is 49.4 Å². The number of amides is 1. The molecule has 0 bridgehead atoms. The SMILES string of the molecule is Cc1ccc(Cl)cc1NC(=O)CCCc1c(-c2ccccn2)[nH]c2ccccc12. The highest BCUT2D eigenvalue weighted by Crippen LogP contribution is 2.30. The summed E-state index contributed by atoms with van der Waals surface area (Å²) in [6.07, 6.45) is 3.77. The van der Waals surface area contributed by atoms with Gasteiger partial charge in [-0.05, 0) is 61.2 Å². The maximum Gasteiger partial charge on any atom is 0.224 e. The van der Waals surface area contributed by atoms with E-state index in [0.717, 1.165) is 41.0 Å². The van der Waals surface area contributed by atoms with Crippen molar-refractivity contribution in [1.29, 1.82) is 0 Å². The lowest BCUT2D eigenvalue weighted by molar-refractivity contribution is -0.116. The van der Waals surface area contributed by atoms with Crippen LogP contribution in [0, 0.1) is 6.92 Å². The molecule has 0 unspecified atom stereocenters. The third-order valence-corrected chi connectivity index (χ3v) is 5.27. The topological polar surface area (TPSA) is 57.8 Å². The Morgan fingerprint density at radius 3 is 2.76 bits per heavy atom. The number of pyridine rings is 1. The fourth-order valence-electron chi connectivity index (χ4n) is 3.56. The van der Waals surface area contributed by atoms with Gasteiger partial charge < -0.3 is 10.3 Å². The Kier molecular flexibility index (Phi) is 5.63. The van der Waals surface area contributed by atoms with Gasteiger partial charge in [0.05, 0.1) is 11.4 Å². The first-order valence-electron chi connectivity index (χ1n) is 9.69. The van der Waals surface area contributed by atoms with Crippen LogP contribution in [0.15, 0.2) is 66.9 Å². The van der Waals surface area contributed by atoms with Crippen molar-refractivity contribution in [2.24, 2.45) is 0 Å². The smallest absolute Gasteiger partial charge is 0.224 e. The second-order valence-corrected chi connectivity index (χ2v) is 7.54. The second-order valence-electron chi connectivity index (χ2n) is 7.10. The fraction of sp³-hybridized carbons (Fsp3) is 0.167. The number of para-hydroxylation sites is 1. The number of aromatic amines is 1. The van der Waals surface area contributed by atoms with E-state index in [1.54, 1.807) is 12.3 Å². The minimum absolute atomic E-state index is 0.00501. The van der Waals surface area contributed by atoms with Crippen LogP contribution in [0.25, 0.3) is 22.3 Å². The van der Waals surface area contributed by atoms with Gasteiger partial charge in [0, 0.05) is 34.2 Å². The number of fused-ring (bicyclic) bond motifs is 1. The molecule has 2 aromatic heterocycles. The van der Waals surface area contributed by atoms with E-state index in [9.17, 15) is 4.79 Å². The summed E-state index contributed by atoms with van der Waals surface area (Å²) in [4.78, 5) is 20.4. The molecule has 0 aliphatic rings. The Balaban J connectivity index is 1.50. The molecular formula is C24H22ClN3O. The lowest BCUT2D eigenvalue weighted by Gasteiger charge is -2.09. The minimum atomic E-state index is -0.00501. The van der Waals surface area contributed by atoms with Gasteiger partial charge in [0.1, 0.15) is 0 Å². The van der Waals surface area contributed by atoms with Crippen molar-refractivity contribution in [3.63, 3.8) is 0 Å². The summed E-state index contributed by atoms with van der Waals surface area (Å²) in [6.45, 7) is 1.96. The summed E-state index contributed by atoms with van der Waals surface area (Å²) in [6, 6.07) is 19.7. The molecule has 4 nitrogen and oxygen atoms in total. The zero-order valence-electron chi connectivity index (χ0n) is 16.2. The Morgan fingerprint density at radius 1 is 1.10 bits per heavy atom. The number of halogens is 1. The summed E-state index contributed by atoms with van der Waals surface area (Å²) in [5.74, 6) is -0.00501. The largest absolute Gasteiger partial charge is 0.353 e. The molecule has 0 aliphatic heterocycles. The van der Waals surface area contributed by atoms with E-state index in [2.05, 4.69) is 27.4 Å². The zero-order valence-corrected chi connectivity index (χ0v) is 17.0. The van der Waals surface area contributed by atoms with E-state index in [4.69, 9.17) is 11.6 Å². The van der Waals surface area contributed by atoms with Gasteiger partial charge in [0.15, 0.2) is 0 Å². The lowest BCUT2D eigenvalue weighted by Crippen LogP contribution is -2.12. The fourth-order valence-corrected chi connectivity index (χ4v) is 3.73. The molecule has 146 valence electrons. The van der Waals surface area contributed by atoms with Crippen LogP contribution in [-0.4, -0.2) is 15.9 Å². The van der Waals surface area contributed by atoms with Crippen molar-refractivity contribution < 1.29 is 4.79 Å². The molecule has 0 aliphatic carbocycles. The number of aromatic nitrogens is 2. The molecule has 2 aromatic carbocycles. The number of hydrogen-bond donors (Lipinski definition) is 2. The Labute approximate surface area is 174 Å². The highest BCUT2D eigenvalue weighted by molar-refractivity contribution is 6.31. The van der Waals surface area contributed by atoms with E-state index >= 15 is 0 Å². The van der Waals surface area contributed by atoms with Gasteiger partial charge in [0.25, 0.3) is 0 Å². The number of hydrogen-bond acceptors (Lipinski definition) is 2. The number of H-pyrrole nitrogens is 1. The summed E-state index contributed by atoms with van der Waals surface area (Å²) in [7, 11) is 0. The molecule has 0 spiro atoms. The predicted octanol–water partition coefficient (Wildman–Crippen LogP) is 6.15. The number of rotatable bonds is 6. The lowest BCUT2D eigenvalue weighted by atomic mass is 10.0. The van der Waals surface area contributed by atoms with Crippen LogP contribution < -0.4 is 5.32 Å². The normalized spacial score (nSPS) is 11.0. The maximum atomic E-state index is 12.4. The van der Waals surface area contributed by atoms with E-state index in [-0.39, 0.29) is 5.91 Å². The number of carbonyl (C=O) groups is 1. The van der Waals surface area contributed by atoms with Crippen molar-refractivity contribution >= 4 is 34.1 Å². The Hall–Kier alpha value is -3.11. The van der Waals surface area contributed by atoms with Gasteiger partial charge in [-0.3, -0.25) is 9.78 Å². The van der Waals surface area contributed by atoms with Gasteiger partial charge in [0.2, 0.25) is 5.91 Å². The number of nitrogens with one attached hydrogen (secondary N) is 2. The standard InChI is InChI=1S/C24H22ClN3O/c1-16-12-13-17(25)15-22(16)27-23(29)11-6-8-19-18-7-2-3-9-20(18)28-24(19)21-10-4-5-14-26-21/h2-5,7,9-10,12-15,28H,6,8,11H2,1H3,(H,27,29). The number of nitrogens with zero attached hydrogens (tertiary/aromatic N) is 1. The van der Waals surface area contributed by atoms with Gasteiger partial charge in [-0.2, -0.15) is 0 Å². The molecule has 2 N–H and O–H groups in total. The van der Waals surface area contributed by atoms with Gasteiger partial charge in [-0.15, -0.1) is 0 Å². The quantitative estimate of drug-likeness (QED) is 0.405. The van der Waals surface area contributed by atoms with E-state index < -0.39 is 0 Å². The third-order valence-electron chi connectivity index (χ3n) is 5.04. The number of anilines is 1. The first-order chi connectivity index (χ1) is 14.1. The highest BCUT2D eigenvalue weighted by Gasteiger charge is 2.14. The molecule has 0 saturated carbocycles. The molecule has 0 atom stereocenters. The summed E-state index contributed by atoms with van der Waals surface area (Å²) in [5, 5.41) is 4.77. The van der Waals surface area contributed by atoms with Crippen LogP contribution in [0.5, 0.6) is 0 Å². The Morgan fingerprint density at radius 2 is 1.93 bits per heavy atom. The van der Waals surface area contributed by atoms with Crippen LogP contribution in [0.4, 0.5) is 5.69 Å². The molecule has 0 radical (unpaired) electrons. The van der Waals surface area contributed by atoms with E-state index in [0.29, 0.717) is 11.4 Å². The van der Waals surface area contributed by atoms with Crippen molar-refractivity contribution in [2.75, 3.05) is 5.32 Å². The van der Waals surface area contributed by atoms with Crippen LogP contribution in [0.2, 0.25) is 5.02 Å². The first-order valence-corrected chi connectivity index (χ1v) is 10.1. The molecule has 29 heavy (non-hydrogen) atoms. The second kappa shape index (κ2) is 8.50. The maximum absolute atomic E-state index is 12.4. The predicted molar refractivity (Wildman–Crippen MR) is 119 cm³/mol. The van der Waals surface area contributed by atoms with E-state index in [1.165, 1.54) is 10.9 Å². The first kappa shape index (κ1) is 19.2. The van der Waals surface area contributed by atoms with Crippen molar-refractivity contribution in [2.45, 2.75) is 26.2 Å². The van der Waals surface area contributed by atoms with Crippen molar-refractivity contribution in [3.8, 4) is 11.4 Å². The third kappa shape index (κ3) is 4.33. The highest BCUT2D eigenvalue weighted by atomic mass is 35.5. The summed E-state index contributed by atoms with van der Waals surface area (Å²) < 4.78 is 0. The molecule has 1 amide bonds. The molecular weight excluding hydrogens is 382 g/mol. The van der Waals surface area contributed by atoms with Crippen LogP contribution in [0.3, 0.4) is 0 Å². The van der Waals surface area contributed by atoms with Gasteiger partial charge >= 0.3 is 0 Å². The van der Waals surface area contributed by atoms with Crippen molar-refractivity contribution in [1.82, 2.24) is 9.97 Å². The monoisotopic (exact) mass is 403 g/mol. The molecule has 2 heterocycles. The summed E-state index contributed by atoms with van der Waals surface area (Å²) >= 11 is 6.04. The summed E-state index contributed by atoms with van der Waals surface area (Å²) in [5.41, 5.74) is 5.99. The number of carbonyl (C=O) groups excluding carboxylic acids is 1. The molecule has 4 rings (SSSR count). The van der Waals surface area contributed by atoms with Crippen LogP contribution in [-0.2, 0) is 11.2 Å². The van der Waals surface area contributed by atoms with Gasteiger partial charge in [-0.25, -0.2) is 0 Å². The van der Waals surface area contributed by atoms with Crippen LogP contribution in [0.1, 0.15) is 24.0 Å². The zero-order chi connectivity index (χ0) is 20.2. The van der Waals surface area contributed by atoms with Gasteiger partial charge in [-0.1, -0.05) is 41.9 Å². The minimum Gasteiger partial charge on any atom is -0.353 e. The molecule has 5 heteroatoms. The van der Waals surface area contributed by atoms with Crippen molar-refractivity contribution in [3.05, 3.63) is 83.0 Å². The number of benzene rings is 2.